The van der Waals surface area contributed by atoms with Gasteiger partial charge in [0.05, 0.1) is 18.3 Å². The molecule has 0 aromatic heterocycles. The summed E-state index contributed by atoms with van der Waals surface area (Å²) in [7, 11) is 0. The van der Waals surface area contributed by atoms with E-state index in [1.807, 2.05) is 13.8 Å². The van der Waals surface area contributed by atoms with Crippen molar-refractivity contribution in [3.63, 3.8) is 0 Å². The summed E-state index contributed by atoms with van der Waals surface area (Å²) >= 11 is 0. The van der Waals surface area contributed by atoms with Gasteiger partial charge in [0.15, 0.2) is 11.6 Å². The standard InChI is InChI=1S/C30H38F3N3O4/c1-3-30(33,4-2)18-35-13-10-19(11-14-35)17-40-25-9-8-20(16-23(25)32)21-6-5-7-22(31)26(21)29(39)36-15-12-24(37)27(36)28(34)38/h5-9,16,19,24,27,37H,3-4,10-15,17-18H2,1-2H3,(H2,34,38)/t24-,27-/m0/s1. The summed E-state index contributed by atoms with van der Waals surface area (Å²) in [5, 5.41) is 10.1. The number of aliphatic hydroxyl groups excluding tert-OH is 1. The molecule has 2 aliphatic heterocycles. The molecule has 2 atom stereocenters. The molecule has 2 aromatic carbocycles. The van der Waals surface area contributed by atoms with Gasteiger partial charge in [-0.25, -0.2) is 13.2 Å². The number of rotatable bonds is 10. The Morgan fingerprint density at radius 1 is 1.05 bits per heavy atom. The lowest BCUT2D eigenvalue weighted by molar-refractivity contribution is -0.124. The molecule has 10 heteroatoms. The normalized spacial score (nSPS) is 20.6. The lowest BCUT2D eigenvalue weighted by Gasteiger charge is -2.36. The summed E-state index contributed by atoms with van der Waals surface area (Å²) in [6, 6.07) is 6.93. The lowest BCUT2D eigenvalue weighted by atomic mass is 9.94. The molecule has 2 aromatic rings. The Hall–Kier alpha value is -3.11. The van der Waals surface area contributed by atoms with Gasteiger partial charge in [-0.3, -0.25) is 9.59 Å². The number of nitrogens with zero attached hydrogens (tertiary/aromatic N) is 2. The molecule has 2 saturated heterocycles. The SMILES string of the molecule is CCC(F)(CC)CN1CCC(COc2ccc(-c3cccc(F)c3C(=O)N3CC[C@H](O)[C@H]3C(N)=O)cc2F)CC1. The van der Waals surface area contributed by atoms with Gasteiger partial charge in [0.2, 0.25) is 5.91 Å². The van der Waals surface area contributed by atoms with E-state index < -0.39 is 41.3 Å². The number of likely N-dealkylation sites (tertiary alicyclic amines) is 2. The Morgan fingerprint density at radius 2 is 1.75 bits per heavy atom. The van der Waals surface area contributed by atoms with Crippen molar-refractivity contribution >= 4 is 11.8 Å². The van der Waals surface area contributed by atoms with Crippen LogP contribution >= 0.6 is 0 Å². The van der Waals surface area contributed by atoms with Gasteiger partial charge in [0.1, 0.15) is 17.5 Å². The summed E-state index contributed by atoms with van der Waals surface area (Å²) in [6.07, 6.45) is 1.63. The maximum Gasteiger partial charge on any atom is 0.258 e. The molecule has 218 valence electrons. The summed E-state index contributed by atoms with van der Waals surface area (Å²) in [5.41, 5.74) is 4.29. The molecule has 0 unspecified atom stereocenters. The molecule has 0 aliphatic carbocycles. The molecule has 0 bridgehead atoms. The average molecular weight is 562 g/mol. The fourth-order valence-corrected chi connectivity index (χ4v) is 5.65. The molecule has 2 amide bonds. The Kier molecular flexibility index (Phi) is 9.41. The van der Waals surface area contributed by atoms with Gasteiger partial charge in [-0.05, 0) is 80.4 Å². The van der Waals surface area contributed by atoms with E-state index in [1.165, 1.54) is 24.3 Å². The molecule has 2 heterocycles. The fraction of sp³-hybridized carbons (Fsp3) is 0.533. The molecule has 4 rings (SSSR count). The number of ether oxygens (including phenoxy) is 1. The highest BCUT2D eigenvalue weighted by Crippen LogP contribution is 2.33. The Bertz CT molecular complexity index is 1210. The van der Waals surface area contributed by atoms with Crippen LogP contribution in [-0.2, 0) is 4.79 Å². The molecule has 2 fully saturated rings. The number of halogens is 3. The van der Waals surface area contributed by atoms with E-state index in [9.17, 15) is 23.5 Å². The summed E-state index contributed by atoms with van der Waals surface area (Å²) in [5.74, 6) is -2.91. The summed E-state index contributed by atoms with van der Waals surface area (Å²) < 4.78 is 50.6. The zero-order valence-electron chi connectivity index (χ0n) is 23.0. The number of piperidine rings is 1. The minimum Gasteiger partial charge on any atom is -0.490 e. The number of carbonyl (C=O) groups is 2. The van der Waals surface area contributed by atoms with Gasteiger partial charge in [0, 0.05) is 13.1 Å². The predicted octanol–water partition coefficient (Wildman–Crippen LogP) is 4.31. The highest BCUT2D eigenvalue weighted by molar-refractivity contribution is 6.03. The second kappa shape index (κ2) is 12.6. The van der Waals surface area contributed by atoms with Crippen molar-refractivity contribution in [2.75, 3.05) is 32.8 Å². The van der Waals surface area contributed by atoms with Crippen molar-refractivity contribution in [3.8, 4) is 16.9 Å². The maximum absolute atomic E-state index is 15.1. The van der Waals surface area contributed by atoms with E-state index in [1.54, 1.807) is 6.07 Å². The Labute approximate surface area is 233 Å². The number of hydrogen-bond donors (Lipinski definition) is 2. The molecule has 0 saturated carbocycles. The van der Waals surface area contributed by atoms with Crippen LogP contribution in [0.3, 0.4) is 0 Å². The number of carbonyl (C=O) groups excluding carboxylic acids is 2. The van der Waals surface area contributed by atoms with Crippen LogP contribution in [0, 0.1) is 17.6 Å². The van der Waals surface area contributed by atoms with Crippen LogP contribution in [0.25, 0.3) is 11.1 Å². The first-order chi connectivity index (χ1) is 19.1. The second-order valence-corrected chi connectivity index (χ2v) is 10.9. The molecule has 7 nitrogen and oxygen atoms in total. The van der Waals surface area contributed by atoms with Crippen molar-refractivity contribution in [2.24, 2.45) is 11.7 Å². The van der Waals surface area contributed by atoms with Crippen molar-refractivity contribution in [1.29, 1.82) is 0 Å². The van der Waals surface area contributed by atoms with Crippen molar-refractivity contribution in [1.82, 2.24) is 9.80 Å². The summed E-state index contributed by atoms with van der Waals surface area (Å²) in [4.78, 5) is 28.4. The van der Waals surface area contributed by atoms with E-state index in [0.717, 1.165) is 36.9 Å². The third-order valence-corrected chi connectivity index (χ3v) is 8.34. The molecule has 0 radical (unpaired) electrons. The first-order valence-corrected chi connectivity index (χ1v) is 14.0. The Morgan fingerprint density at radius 3 is 2.38 bits per heavy atom. The summed E-state index contributed by atoms with van der Waals surface area (Å²) in [6.45, 7) is 6.05. The van der Waals surface area contributed by atoms with Gasteiger partial charge >= 0.3 is 0 Å². The van der Waals surface area contributed by atoms with Crippen LogP contribution < -0.4 is 10.5 Å². The van der Waals surface area contributed by atoms with Crippen LogP contribution in [0.2, 0.25) is 0 Å². The van der Waals surface area contributed by atoms with Crippen LogP contribution in [0.15, 0.2) is 36.4 Å². The van der Waals surface area contributed by atoms with E-state index >= 15 is 4.39 Å². The smallest absolute Gasteiger partial charge is 0.258 e. The molecule has 0 spiro atoms. The lowest BCUT2D eigenvalue weighted by Crippen LogP contribution is -2.48. The molecular formula is C30H38F3N3O4. The second-order valence-electron chi connectivity index (χ2n) is 10.9. The first kappa shape index (κ1) is 29.9. The molecule has 3 N–H and O–H groups in total. The van der Waals surface area contributed by atoms with Gasteiger partial charge in [0.25, 0.3) is 5.91 Å². The predicted molar refractivity (Wildman–Crippen MR) is 146 cm³/mol. The van der Waals surface area contributed by atoms with Crippen molar-refractivity contribution < 1.29 is 32.6 Å². The molecule has 40 heavy (non-hydrogen) atoms. The van der Waals surface area contributed by atoms with E-state index in [2.05, 4.69) is 4.90 Å². The number of nitrogens with two attached hydrogens (primary N) is 1. The maximum atomic E-state index is 15.1. The number of hydrogen-bond acceptors (Lipinski definition) is 5. The topological polar surface area (TPSA) is 96.1 Å². The van der Waals surface area contributed by atoms with Gasteiger partial charge in [-0.2, -0.15) is 0 Å². The number of primary amides is 1. The molecule has 2 aliphatic rings. The average Bonchev–Trinajstić information content (AvgIpc) is 3.34. The van der Waals surface area contributed by atoms with Gasteiger partial charge in [-0.1, -0.05) is 32.0 Å². The minimum absolute atomic E-state index is 0.0350. The largest absolute Gasteiger partial charge is 0.490 e. The molecular weight excluding hydrogens is 523 g/mol. The van der Waals surface area contributed by atoms with Gasteiger partial charge < -0.3 is 25.4 Å². The van der Waals surface area contributed by atoms with Crippen LogP contribution in [0.1, 0.15) is 56.3 Å². The zero-order valence-corrected chi connectivity index (χ0v) is 23.0. The monoisotopic (exact) mass is 561 g/mol. The number of benzene rings is 2. The highest BCUT2D eigenvalue weighted by Gasteiger charge is 2.41. The fourth-order valence-electron chi connectivity index (χ4n) is 5.65. The number of aliphatic hydroxyl groups is 1. The highest BCUT2D eigenvalue weighted by atomic mass is 19.1. The van der Waals surface area contributed by atoms with E-state index in [-0.39, 0.29) is 41.3 Å². The number of amides is 2. The zero-order chi connectivity index (χ0) is 29.0. The quantitative estimate of drug-likeness (QED) is 0.451. The van der Waals surface area contributed by atoms with Crippen molar-refractivity contribution in [3.05, 3.63) is 53.6 Å². The van der Waals surface area contributed by atoms with Crippen LogP contribution in [0.5, 0.6) is 5.75 Å². The third-order valence-electron chi connectivity index (χ3n) is 8.34. The van der Waals surface area contributed by atoms with E-state index in [0.29, 0.717) is 26.0 Å². The van der Waals surface area contributed by atoms with E-state index in [4.69, 9.17) is 10.5 Å². The number of alkyl halides is 1. The minimum atomic E-state index is -1.27. The van der Waals surface area contributed by atoms with Crippen LogP contribution in [0.4, 0.5) is 13.2 Å². The van der Waals surface area contributed by atoms with Crippen molar-refractivity contribution in [2.45, 2.75) is 63.8 Å². The van der Waals surface area contributed by atoms with Crippen LogP contribution in [-0.4, -0.2) is 77.3 Å². The Balaban J connectivity index is 1.43. The first-order valence-electron chi connectivity index (χ1n) is 14.0. The van der Waals surface area contributed by atoms with Gasteiger partial charge in [-0.15, -0.1) is 0 Å². The third kappa shape index (κ3) is 6.44.